The third kappa shape index (κ3) is 4.57. The second-order valence-corrected chi connectivity index (χ2v) is 9.71. The molecule has 4 aliphatic rings. The Morgan fingerprint density at radius 2 is 1.94 bits per heavy atom. The number of nitrogens with one attached hydrogen (secondary N) is 1. The van der Waals surface area contributed by atoms with E-state index in [2.05, 4.69) is 16.3 Å². The van der Waals surface area contributed by atoms with Crippen molar-refractivity contribution in [2.45, 2.75) is 56.1 Å². The van der Waals surface area contributed by atoms with Gasteiger partial charge in [-0.15, -0.1) is 0 Å². The summed E-state index contributed by atoms with van der Waals surface area (Å²) < 4.78 is 6.25. The fourth-order valence-corrected chi connectivity index (χ4v) is 5.61. The van der Waals surface area contributed by atoms with Gasteiger partial charge in [0.05, 0.1) is 18.2 Å². The van der Waals surface area contributed by atoms with Crippen LogP contribution in [0.5, 0.6) is 5.75 Å². The summed E-state index contributed by atoms with van der Waals surface area (Å²) in [4.78, 5) is 29.6. The van der Waals surface area contributed by atoms with Crippen LogP contribution in [0.1, 0.15) is 49.7 Å². The first-order valence-electron chi connectivity index (χ1n) is 12.2. The number of hydrogen-bond donors (Lipinski definition) is 2. The molecule has 1 aromatic rings. The number of nitrogens with zero attached hydrogens (tertiary/aromatic N) is 2. The zero-order chi connectivity index (χ0) is 22.8. The van der Waals surface area contributed by atoms with E-state index >= 15 is 0 Å². The Morgan fingerprint density at radius 1 is 1.06 bits per heavy atom. The zero-order valence-electron chi connectivity index (χ0n) is 19.0. The molecule has 1 aromatic carbocycles. The highest BCUT2D eigenvalue weighted by Gasteiger charge is 2.50. The van der Waals surface area contributed by atoms with Crippen molar-refractivity contribution in [2.24, 2.45) is 0 Å². The monoisotopic (exact) mass is 451 g/mol. The molecule has 4 unspecified atom stereocenters. The van der Waals surface area contributed by atoms with Crippen LogP contribution in [0, 0.1) is 0 Å². The van der Waals surface area contributed by atoms with E-state index < -0.39 is 11.5 Å². The number of hydrogen-bond acceptors (Lipinski definition) is 5. The molecule has 5 rings (SSSR count). The van der Waals surface area contributed by atoms with E-state index in [0.29, 0.717) is 32.5 Å². The Balaban J connectivity index is 1.48. The van der Waals surface area contributed by atoms with E-state index in [9.17, 15) is 14.7 Å². The van der Waals surface area contributed by atoms with Crippen molar-refractivity contribution < 1.29 is 19.4 Å². The zero-order valence-corrected chi connectivity index (χ0v) is 19.0. The van der Waals surface area contributed by atoms with Gasteiger partial charge in [0.2, 0.25) is 11.8 Å². The first kappa shape index (κ1) is 22.2. The van der Waals surface area contributed by atoms with Gasteiger partial charge in [-0.3, -0.25) is 14.5 Å². The number of rotatable bonds is 0. The van der Waals surface area contributed by atoms with Gasteiger partial charge in [0.15, 0.2) is 0 Å². The molecule has 176 valence electrons. The third-order valence-corrected chi connectivity index (χ3v) is 7.46. The van der Waals surface area contributed by atoms with Crippen molar-refractivity contribution in [3.63, 3.8) is 0 Å². The van der Waals surface area contributed by atoms with Gasteiger partial charge in [0.25, 0.3) is 0 Å². The maximum atomic E-state index is 12.9. The number of amides is 2. The van der Waals surface area contributed by atoms with Gasteiger partial charge in [-0.1, -0.05) is 12.1 Å². The summed E-state index contributed by atoms with van der Waals surface area (Å²) in [5.74, 6) is 0.747. The van der Waals surface area contributed by atoms with Crippen LogP contribution in [0.2, 0.25) is 0 Å². The molecule has 4 atom stereocenters. The number of ether oxygens (including phenoxy) is 1. The van der Waals surface area contributed by atoms with Gasteiger partial charge in [-0.2, -0.15) is 0 Å². The van der Waals surface area contributed by atoms with E-state index in [1.807, 2.05) is 29.2 Å². The molecular formula is C26H33N3O4. The van der Waals surface area contributed by atoms with Gasteiger partial charge in [-0.25, -0.2) is 0 Å². The summed E-state index contributed by atoms with van der Waals surface area (Å²) in [7, 11) is 0. The van der Waals surface area contributed by atoms with Crippen molar-refractivity contribution in [1.82, 2.24) is 15.1 Å². The Labute approximate surface area is 195 Å². The van der Waals surface area contributed by atoms with E-state index in [4.69, 9.17) is 4.74 Å². The molecule has 1 saturated carbocycles. The Kier molecular flexibility index (Phi) is 6.25. The van der Waals surface area contributed by atoms with E-state index in [1.54, 1.807) is 12.2 Å². The molecule has 2 amide bonds. The molecule has 1 aliphatic carbocycles. The molecule has 33 heavy (non-hydrogen) atoms. The molecule has 2 fully saturated rings. The summed E-state index contributed by atoms with van der Waals surface area (Å²) in [6.07, 6.45) is 11.3. The van der Waals surface area contributed by atoms with Crippen molar-refractivity contribution >= 4 is 17.9 Å². The van der Waals surface area contributed by atoms with Gasteiger partial charge in [0, 0.05) is 37.7 Å². The first-order chi connectivity index (χ1) is 16.0. The minimum atomic E-state index is -0.446. The summed E-state index contributed by atoms with van der Waals surface area (Å²) in [6.45, 7) is 4.00. The largest absolute Gasteiger partial charge is 0.489 e. The molecule has 2 N–H and O–H groups in total. The third-order valence-electron chi connectivity index (χ3n) is 7.46. The van der Waals surface area contributed by atoms with Gasteiger partial charge in [-0.05, 0) is 68.5 Å². The fraction of sp³-hybridized carbons (Fsp3) is 0.538. The lowest BCUT2D eigenvalue weighted by molar-refractivity contribution is -0.129. The summed E-state index contributed by atoms with van der Waals surface area (Å²) in [5, 5.41) is 13.3. The second-order valence-electron chi connectivity index (χ2n) is 9.71. The number of benzene rings is 1. The predicted octanol–water partition coefficient (Wildman–Crippen LogP) is 2.20. The maximum absolute atomic E-state index is 12.9. The summed E-state index contributed by atoms with van der Waals surface area (Å²) >= 11 is 0. The lowest BCUT2D eigenvalue weighted by Crippen LogP contribution is -2.47. The highest BCUT2D eigenvalue weighted by atomic mass is 16.5. The van der Waals surface area contributed by atoms with Crippen LogP contribution >= 0.6 is 0 Å². The molecule has 3 heterocycles. The smallest absolute Gasteiger partial charge is 0.247 e. The lowest BCUT2D eigenvalue weighted by Gasteiger charge is -2.38. The van der Waals surface area contributed by atoms with E-state index in [0.717, 1.165) is 55.8 Å². The molecule has 0 aromatic heterocycles. The number of aliphatic hydroxyl groups excluding tert-OH is 1. The molecule has 0 radical (unpaired) electrons. The quantitative estimate of drug-likeness (QED) is 0.632. The topological polar surface area (TPSA) is 82.1 Å². The SMILES string of the molecule is O=C1C=CC23CCC(O)CC2Oc2ccc(cc23)C=CC(=O)N2CCCN(CCCCN1)C2. The fourth-order valence-electron chi connectivity index (χ4n) is 5.61. The molecular weight excluding hydrogens is 418 g/mol. The summed E-state index contributed by atoms with van der Waals surface area (Å²) in [5.41, 5.74) is 1.52. The van der Waals surface area contributed by atoms with Crippen LogP contribution in [0.15, 0.2) is 36.4 Å². The van der Waals surface area contributed by atoms with Crippen LogP contribution in [0.25, 0.3) is 6.08 Å². The molecule has 1 saturated heterocycles. The van der Waals surface area contributed by atoms with Crippen LogP contribution in [-0.4, -0.2) is 71.8 Å². The van der Waals surface area contributed by atoms with Crippen LogP contribution in [-0.2, 0) is 15.0 Å². The second kappa shape index (κ2) is 9.31. The number of fused-ring (bicyclic) bond motifs is 3. The van der Waals surface area contributed by atoms with Crippen molar-refractivity contribution in [2.75, 3.05) is 32.8 Å². The van der Waals surface area contributed by atoms with Crippen LogP contribution < -0.4 is 10.1 Å². The van der Waals surface area contributed by atoms with Crippen molar-refractivity contribution in [3.05, 3.63) is 47.6 Å². The number of aliphatic hydroxyl groups is 1. The van der Waals surface area contributed by atoms with Crippen molar-refractivity contribution in [1.29, 1.82) is 0 Å². The number of carbonyl (C=O) groups excluding carboxylic acids is 2. The highest BCUT2D eigenvalue weighted by molar-refractivity contribution is 5.92. The molecule has 7 heteroatoms. The Morgan fingerprint density at radius 3 is 2.85 bits per heavy atom. The number of carbonyl (C=O) groups is 2. The average molecular weight is 452 g/mol. The standard InChI is InChI=1S/C26H33N3O4/c30-20-8-10-26-11-9-24(31)27-12-1-2-13-28-14-3-15-29(18-28)25(32)7-5-19-4-6-22(21(26)16-19)33-23(26)17-20/h4-7,9,11,16,20,23,30H,1-3,8,10,12-15,17-18H2,(H,27,31). The van der Waals surface area contributed by atoms with Crippen LogP contribution in [0.3, 0.4) is 0 Å². The van der Waals surface area contributed by atoms with E-state index in [-0.39, 0.29) is 17.9 Å². The minimum absolute atomic E-state index is 0.0399. The minimum Gasteiger partial charge on any atom is -0.489 e. The lowest BCUT2D eigenvalue weighted by atomic mass is 9.67. The van der Waals surface area contributed by atoms with Gasteiger partial charge >= 0.3 is 0 Å². The van der Waals surface area contributed by atoms with Gasteiger partial charge in [0.1, 0.15) is 11.9 Å². The van der Waals surface area contributed by atoms with Crippen molar-refractivity contribution in [3.8, 4) is 5.75 Å². The predicted molar refractivity (Wildman–Crippen MR) is 126 cm³/mol. The molecule has 4 bridgehead atoms. The Hall–Kier alpha value is -2.64. The first-order valence-corrected chi connectivity index (χ1v) is 12.2. The van der Waals surface area contributed by atoms with Crippen LogP contribution in [0.4, 0.5) is 0 Å². The normalized spacial score (nSPS) is 32.4. The molecule has 3 aliphatic heterocycles. The molecule has 1 spiro atoms. The van der Waals surface area contributed by atoms with E-state index in [1.165, 1.54) is 0 Å². The highest BCUT2D eigenvalue weighted by Crippen LogP contribution is 2.51. The maximum Gasteiger partial charge on any atom is 0.247 e. The van der Waals surface area contributed by atoms with Gasteiger partial charge < -0.3 is 20.1 Å². The summed E-state index contributed by atoms with van der Waals surface area (Å²) in [6, 6.07) is 5.98. The Bertz CT molecular complexity index is 974. The average Bonchev–Trinajstić information content (AvgIpc) is 3.13. The molecule has 7 nitrogen and oxygen atoms in total.